The van der Waals surface area contributed by atoms with Crippen LogP contribution in [0.4, 0.5) is 11.5 Å². The molecule has 3 aromatic rings. The zero-order chi connectivity index (χ0) is 21.8. The maximum Gasteiger partial charge on any atom is 0.258 e. The van der Waals surface area contributed by atoms with Crippen LogP contribution in [0.3, 0.4) is 0 Å². The van der Waals surface area contributed by atoms with Crippen molar-refractivity contribution in [3.63, 3.8) is 0 Å². The Morgan fingerprint density at radius 3 is 2.65 bits per heavy atom. The van der Waals surface area contributed by atoms with Crippen LogP contribution >= 0.6 is 0 Å². The average Bonchev–Trinajstić information content (AvgIpc) is 2.79. The summed E-state index contributed by atoms with van der Waals surface area (Å²) >= 11 is 0. The van der Waals surface area contributed by atoms with Crippen molar-refractivity contribution in [3.8, 4) is 5.88 Å². The van der Waals surface area contributed by atoms with Gasteiger partial charge in [0.2, 0.25) is 5.91 Å². The van der Waals surface area contributed by atoms with E-state index in [0.717, 1.165) is 30.4 Å². The number of piperidine rings is 1. The number of rotatable bonds is 6. The van der Waals surface area contributed by atoms with E-state index in [1.807, 2.05) is 31.2 Å². The number of Topliss-reactive ketones (excluding diaryl/α,β-unsaturated/α-hetero) is 1. The van der Waals surface area contributed by atoms with Crippen LogP contribution in [0.2, 0.25) is 0 Å². The van der Waals surface area contributed by atoms with E-state index in [-0.39, 0.29) is 17.6 Å². The summed E-state index contributed by atoms with van der Waals surface area (Å²) in [5.74, 6) is 0.890. The quantitative estimate of drug-likeness (QED) is 0.607. The number of anilines is 2. The summed E-state index contributed by atoms with van der Waals surface area (Å²) < 4.78 is 5.78. The normalized spacial score (nSPS) is 16.2. The van der Waals surface area contributed by atoms with Crippen molar-refractivity contribution in [2.75, 3.05) is 29.9 Å². The van der Waals surface area contributed by atoms with Crippen molar-refractivity contribution < 1.29 is 14.3 Å². The van der Waals surface area contributed by atoms with Gasteiger partial charge in [0, 0.05) is 24.3 Å². The van der Waals surface area contributed by atoms with Crippen LogP contribution in [0.1, 0.15) is 37.0 Å². The van der Waals surface area contributed by atoms with E-state index in [4.69, 9.17) is 9.72 Å². The number of hydrogen-bond acceptors (Lipinski definition) is 6. The molecule has 0 spiro atoms. The van der Waals surface area contributed by atoms with Crippen molar-refractivity contribution in [2.24, 2.45) is 5.92 Å². The van der Waals surface area contributed by atoms with Gasteiger partial charge in [-0.1, -0.05) is 24.3 Å². The third-order valence-corrected chi connectivity index (χ3v) is 5.43. The second-order valence-electron chi connectivity index (χ2n) is 7.69. The lowest BCUT2D eigenvalue weighted by Crippen LogP contribution is -2.41. The van der Waals surface area contributed by atoms with Crippen molar-refractivity contribution in [1.29, 1.82) is 0 Å². The fourth-order valence-corrected chi connectivity index (χ4v) is 3.86. The summed E-state index contributed by atoms with van der Waals surface area (Å²) in [6.45, 7) is 5.25. The first kappa shape index (κ1) is 20.8. The van der Waals surface area contributed by atoms with Gasteiger partial charge >= 0.3 is 0 Å². The van der Waals surface area contributed by atoms with Gasteiger partial charge in [0.25, 0.3) is 5.88 Å². The predicted molar refractivity (Wildman–Crippen MR) is 121 cm³/mol. The second kappa shape index (κ2) is 9.12. The lowest BCUT2D eigenvalue weighted by molar-refractivity contribution is -0.120. The highest BCUT2D eigenvalue weighted by Crippen LogP contribution is 2.31. The van der Waals surface area contributed by atoms with Gasteiger partial charge in [0.15, 0.2) is 11.6 Å². The number of para-hydroxylation sites is 2. The second-order valence-corrected chi connectivity index (χ2v) is 7.69. The molecular weight excluding hydrogens is 392 g/mol. The van der Waals surface area contributed by atoms with Gasteiger partial charge in [-0.05, 0) is 51.0 Å². The Morgan fingerprint density at radius 1 is 1.13 bits per heavy atom. The van der Waals surface area contributed by atoms with Gasteiger partial charge in [-0.3, -0.25) is 9.59 Å². The molecule has 160 valence electrons. The van der Waals surface area contributed by atoms with Gasteiger partial charge in [-0.25, -0.2) is 9.97 Å². The highest BCUT2D eigenvalue weighted by molar-refractivity contribution is 5.97. The molecular formula is C24H26N4O3. The molecule has 0 aliphatic carbocycles. The molecule has 0 saturated carbocycles. The van der Waals surface area contributed by atoms with Crippen LogP contribution in [0.25, 0.3) is 11.0 Å². The standard InChI is InChI=1S/C24H26N4O3/c1-3-31-24-22(26-20-11-4-5-12-21(20)27-24)28-13-7-9-18(15-28)23(30)25-19-10-6-8-17(14-19)16(2)29/h4-6,8,10-12,14,18H,3,7,9,13,15H2,1-2H3,(H,25,30)/t18-/m1/s1. The number of nitrogens with zero attached hydrogens (tertiary/aromatic N) is 3. The SMILES string of the molecule is CCOc1nc2ccccc2nc1N1CCC[C@@H](C(=O)Nc2cccc(C(C)=O)c2)C1. The fourth-order valence-electron chi connectivity index (χ4n) is 3.86. The van der Waals surface area contributed by atoms with Crippen LogP contribution in [0.15, 0.2) is 48.5 Å². The molecule has 7 heteroatoms. The molecule has 1 fully saturated rings. The number of amides is 1. The molecule has 7 nitrogen and oxygen atoms in total. The summed E-state index contributed by atoms with van der Waals surface area (Å²) in [5, 5.41) is 2.96. The Labute approximate surface area is 181 Å². The van der Waals surface area contributed by atoms with E-state index >= 15 is 0 Å². The largest absolute Gasteiger partial charge is 0.475 e. The summed E-state index contributed by atoms with van der Waals surface area (Å²) in [7, 11) is 0. The minimum Gasteiger partial charge on any atom is -0.475 e. The highest BCUT2D eigenvalue weighted by Gasteiger charge is 2.29. The lowest BCUT2D eigenvalue weighted by Gasteiger charge is -2.33. The first-order chi connectivity index (χ1) is 15.0. The topological polar surface area (TPSA) is 84.4 Å². The first-order valence-corrected chi connectivity index (χ1v) is 10.6. The van der Waals surface area contributed by atoms with Crippen LogP contribution in [0.5, 0.6) is 5.88 Å². The van der Waals surface area contributed by atoms with Crippen molar-refractivity contribution in [3.05, 3.63) is 54.1 Å². The molecule has 1 saturated heterocycles. The number of ketones is 1. The van der Waals surface area contributed by atoms with E-state index in [1.54, 1.807) is 24.3 Å². The molecule has 1 aromatic heterocycles. The van der Waals surface area contributed by atoms with E-state index in [0.29, 0.717) is 36.1 Å². The van der Waals surface area contributed by atoms with Crippen LogP contribution < -0.4 is 15.0 Å². The van der Waals surface area contributed by atoms with Gasteiger partial charge < -0.3 is 15.0 Å². The number of carbonyl (C=O) groups excluding carboxylic acids is 2. The molecule has 4 rings (SSSR count). The first-order valence-electron chi connectivity index (χ1n) is 10.6. The molecule has 31 heavy (non-hydrogen) atoms. The molecule has 1 amide bonds. The van der Waals surface area contributed by atoms with Crippen LogP contribution in [0, 0.1) is 5.92 Å². The van der Waals surface area contributed by atoms with Crippen molar-refractivity contribution >= 4 is 34.2 Å². The number of nitrogens with one attached hydrogen (secondary N) is 1. The fraction of sp³-hybridized carbons (Fsp3) is 0.333. The summed E-state index contributed by atoms with van der Waals surface area (Å²) in [4.78, 5) is 36.1. The van der Waals surface area contributed by atoms with Gasteiger partial charge in [-0.2, -0.15) is 0 Å². The number of aromatic nitrogens is 2. The average molecular weight is 418 g/mol. The molecule has 1 aliphatic rings. The van der Waals surface area contributed by atoms with Crippen LogP contribution in [-0.4, -0.2) is 41.4 Å². The van der Waals surface area contributed by atoms with E-state index in [9.17, 15) is 9.59 Å². The van der Waals surface area contributed by atoms with Gasteiger partial charge in [-0.15, -0.1) is 0 Å². The molecule has 2 heterocycles. The minimum atomic E-state index is -0.197. The van der Waals surface area contributed by atoms with Crippen molar-refractivity contribution in [1.82, 2.24) is 9.97 Å². The third-order valence-electron chi connectivity index (χ3n) is 5.43. The highest BCUT2D eigenvalue weighted by atomic mass is 16.5. The Balaban J connectivity index is 1.54. The summed E-state index contributed by atoms with van der Waals surface area (Å²) in [6, 6.07) is 14.7. The molecule has 0 bridgehead atoms. The number of hydrogen-bond donors (Lipinski definition) is 1. The van der Waals surface area contributed by atoms with E-state index in [2.05, 4.69) is 15.2 Å². The number of ether oxygens (including phenoxy) is 1. The van der Waals surface area contributed by atoms with Crippen LogP contribution in [-0.2, 0) is 4.79 Å². The van der Waals surface area contributed by atoms with Gasteiger partial charge in [0.1, 0.15) is 0 Å². The van der Waals surface area contributed by atoms with Gasteiger partial charge in [0.05, 0.1) is 23.6 Å². The summed E-state index contributed by atoms with van der Waals surface area (Å²) in [6.07, 6.45) is 1.66. The Hall–Kier alpha value is -3.48. The number of carbonyl (C=O) groups is 2. The lowest BCUT2D eigenvalue weighted by atomic mass is 9.97. The molecule has 1 aliphatic heterocycles. The molecule has 1 atom stereocenters. The maximum absolute atomic E-state index is 13.0. The Bertz CT molecular complexity index is 1110. The van der Waals surface area contributed by atoms with E-state index in [1.165, 1.54) is 6.92 Å². The molecule has 0 radical (unpaired) electrons. The Morgan fingerprint density at radius 2 is 1.90 bits per heavy atom. The maximum atomic E-state index is 13.0. The summed E-state index contributed by atoms with van der Waals surface area (Å²) in [5.41, 5.74) is 2.80. The monoisotopic (exact) mass is 418 g/mol. The zero-order valence-corrected chi connectivity index (χ0v) is 17.8. The Kier molecular flexibility index (Phi) is 6.11. The molecule has 0 unspecified atom stereocenters. The zero-order valence-electron chi connectivity index (χ0n) is 17.8. The molecule has 1 N–H and O–H groups in total. The smallest absolute Gasteiger partial charge is 0.258 e. The third kappa shape index (κ3) is 4.66. The predicted octanol–water partition coefficient (Wildman–Crippen LogP) is 4.09. The van der Waals surface area contributed by atoms with E-state index < -0.39 is 0 Å². The number of fused-ring (bicyclic) bond motifs is 1. The molecule has 2 aromatic carbocycles. The number of benzene rings is 2. The van der Waals surface area contributed by atoms with Crippen molar-refractivity contribution in [2.45, 2.75) is 26.7 Å². The minimum absolute atomic E-state index is 0.0294.